The van der Waals surface area contributed by atoms with Crippen LogP contribution in [-0.2, 0) is 0 Å². The van der Waals surface area contributed by atoms with Gasteiger partial charge in [0.1, 0.15) is 5.69 Å². The van der Waals surface area contributed by atoms with Crippen molar-refractivity contribution in [3.05, 3.63) is 11.9 Å². The lowest BCUT2D eigenvalue weighted by atomic mass is 10.2. The van der Waals surface area contributed by atoms with Gasteiger partial charge in [-0.05, 0) is 19.2 Å². The van der Waals surface area contributed by atoms with E-state index in [0.717, 1.165) is 24.4 Å². The minimum absolute atomic E-state index is 0.147. The molecule has 0 bridgehead atoms. The van der Waals surface area contributed by atoms with Gasteiger partial charge in [-0.3, -0.25) is 0 Å². The third-order valence-corrected chi connectivity index (χ3v) is 3.12. The Bertz CT molecular complexity index is 363. The van der Waals surface area contributed by atoms with E-state index < -0.39 is 0 Å². The third-order valence-electron chi connectivity index (χ3n) is 2.45. The molecule has 1 atom stereocenters. The van der Waals surface area contributed by atoms with E-state index in [9.17, 15) is 0 Å². The Morgan fingerprint density at radius 2 is 2.17 bits per heavy atom. The molecule has 1 unspecified atom stereocenters. The first-order chi connectivity index (χ1) is 8.76. The second-order valence-electron chi connectivity index (χ2n) is 3.77. The van der Waals surface area contributed by atoms with Crippen LogP contribution in [0.1, 0.15) is 25.1 Å². The number of nitrogens with zero attached hydrogens (tertiary/aromatic N) is 2. The Hall–Kier alpha value is -1.01. The second kappa shape index (κ2) is 8.16. The van der Waals surface area contributed by atoms with Crippen LogP contribution in [0.2, 0.25) is 0 Å². The van der Waals surface area contributed by atoms with Gasteiger partial charge in [-0.2, -0.15) is 16.7 Å². The van der Waals surface area contributed by atoms with E-state index in [-0.39, 0.29) is 6.04 Å². The summed E-state index contributed by atoms with van der Waals surface area (Å²) in [6, 6.07) is 0.147. The first-order valence-corrected chi connectivity index (χ1v) is 7.33. The number of rotatable bonds is 8. The molecule has 0 saturated carbocycles. The molecule has 0 aliphatic heterocycles. The normalized spacial score (nSPS) is 12.2. The summed E-state index contributed by atoms with van der Waals surface area (Å²) in [5, 5.41) is 3.45. The summed E-state index contributed by atoms with van der Waals surface area (Å²) in [7, 11) is 3.17. The number of nitrogens with one attached hydrogen (secondary N) is 1. The number of thioether (sulfide) groups is 1. The highest BCUT2D eigenvalue weighted by Crippen LogP contribution is 2.25. The SMILES string of the molecule is CCCNC(CSC)c1ncc(OC)nc1OC. The van der Waals surface area contributed by atoms with E-state index in [0.29, 0.717) is 11.8 Å². The van der Waals surface area contributed by atoms with Crippen molar-refractivity contribution in [2.75, 3.05) is 32.8 Å². The second-order valence-corrected chi connectivity index (χ2v) is 4.68. The van der Waals surface area contributed by atoms with Crippen molar-refractivity contribution in [1.82, 2.24) is 15.3 Å². The molecule has 1 aromatic rings. The predicted octanol–water partition coefficient (Wildman–Crippen LogP) is 1.90. The van der Waals surface area contributed by atoms with E-state index in [1.807, 2.05) is 0 Å². The summed E-state index contributed by atoms with van der Waals surface area (Å²) in [6.07, 6.45) is 4.78. The number of ether oxygens (including phenoxy) is 2. The summed E-state index contributed by atoms with van der Waals surface area (Å²) in [5.74, 6) is 1.92. The Kier molecular flexibility index (Phi) is 6.82. The van der Waals surface area contributed by atoms with E-state index >= 15 is 0 Å². The lowest BCUT2D eigenvalue weighted by molar-refractivity contribution is 0.351. The van der Waals surface area contributed by atoms with Crippen LogP contribution in [-0.4, -0.2) is 42.7 Å². The van der Waals surface area contributed by atoms with Crippen LogP contribution in [0.3, 0.4) is 0 Å². The van der Waals surface area contributed by atoms with Crippen molar-refractivity contribution in [1.29, 1.82) is 0 Å². The van der Waals surface area contributed by atoms with Crippen LogP contribution in [0.25, 0.3) is 0 Å². The van der Waals surface area contributed by atoms with Gasteiger partial charge >= 0.3 is 0 Å². The number of hydrogen-bond acceptors (Lipinski definition) is 6. The average molecular weight is 271 g/mol. The van der Waals surface area contributed by atoms with Crippen molar-refractivity contribution in [2.24, 2.45) is 0 Å². The molecule has 0 aliphatic rings. The molecule has 0 spiro atoms. The molecule has 0 radical (unpaired) electrons. The van der Waals surface area contributed by atoms with Crippen LogP contribution in [0.15, 0.2) is 6.20 Å². The van der Waals surface area contributed by atoms with Crippen LogP contribution in [0.4, 0.5) is 0 Å². The highest BCUT2D eigenvalue weighted by molar-refractivity contribution is 7.98. The fourth-order valence-electron chi connectivity index (χ4n) is 1.57. The van der Waals surface area contributed by atoms with Gasteiger partial charge in [0.25, 0.3) is 0 Å². The highest BCUT2D eigenvalue weighted by atomic mass is 32.2. The summed E-state index contributed by atoms with van der Waals surface area (Å²) >= 11 is 1.77. The quantitative estimate of drug-likeness (QED) is 0.779. The summed E-state index contributed by atoms with van der Waals surface area (Å²) < 4.78 is 10.3. The molecular weight excluding hydrogens is 250 g/mol. The Labute approximate surface area is 113 Å². The minimum Gasteiger partial charge on any atom is -0.480 e. The third kappa shape index (κ3) is 4.03. The molecule has 6 heteroatoms. The van der Waals surface area contributed by atoms with Crippen LogP contribution in [0, 0.1) is 0 Å². The molecule has 0 saturated heterocycles. The van der Waals surface area contributed by atoms with Crippen molar-refractivity contribution in [2.45, 2.75) is 19.4 Å². The van der Waals surface area contributed by atoms with Crippen molar-refractivity contribution in [3.8, 4) is 11.8 Å². The van der Waals surface area contributed by atoms with Gasteiger partial charge in [0.05, 0.1) is 26.5 Å². The number of aromatic nitrogens is 2. The fraction of sp³-hybridized carbons (Fsp3) is 0.667. The first kappa shape index (κ1) is 15.0. The minimum atomic E-state index is 0.147. The van der Waals surface area contributed by atoms with Crippen molar-refractivity contribution in [3.63, 3.8) is 0 Å². The molecule has 1 N–H and O–H groups in total. The zero-order valence-electron chi connectivity index (χ0n) is 11.4. The summed E-state index contributed by atoms with van der Waals surface area (Å²) in [4.78, 5) is 8.67. The molecule has 0 aromatic carbocycles. The lowest BCUT2D eigenvalue weighted by Gasteiger charge is -2.18. The Balaban J connectivity index is 2.94. The highest BCUT2D eigenvalue weighted by Gasteiger charge is 2.18. The largest absolute Gasteiger partial charge is 0.480 e. The molecule has 5 nitrogen and oxygen atoms in total. The van der Waals surface area contributed by atoms with Gasteiger partial charge in [-0.1, -0.05) is 6.92 Å². The topological polar surface area (TPSA) is 56.3 Å². The maximum absolute atomic E-state index is 5.29. The molecule has 0 fully saturated rings. The van der Waals surface area contributed by atoms with Gasteiger partial charge in [-0.15, -0.1) is 0 Å². The average Bonchev–Trinajstić information content (AvgIpc) is 2.42. The van der Waals surface area contributed by atoms with Crippen molar-refractivity contribution >= 4 is 11.8 Å². The van der Waals surface area contributed by atoms with Gasteiger partial charge in [0, 0.05) is 5.75 Å². The predicted molar refractivity (Wildman–Crippen MR) is 74.6 cm³/mol. The fourth-order valence-corrected chi connectivity index (χ4v) is 2.18. The molecule has 1 heterocycles. The molecular formula is C12H21N3O2S. The van der Waals surface area contributed by atoms with E-state index in [4.69, 9.17) is 9.47 Å². The first-order valence-electron chi connectivity index (χ1n) is 5.94. The number of methoxy groups -OCH3 is 2. The molecule has 1 aromatic heterocycles. The van der Waals surface area contributed by atoms with Crippen LogP contribution >= 0.6 is 11.8 Å². The molecule has 0 aliphatic carbocycles. The van der Waals surface area contributed by atoms with Gasteiger partial charge in [-0.25, -0.2) is 4.98 Å². The van der Waals surface area contributed by atoms with Gasteiger partial charge in [0.2, 0.25) is 11.8 Å². The molecule has 1 rings (SSSR count). The zero-order chi connectivity index (χ0) is 13.4. The zero-order valence-corrected chi connectivity index (χ0v) is 12.2. The number of hydrogen-bond donors (Lipinski definition) is 1. The summed E-state index contributed by atoms with van der Waals surface area (Å²) in [6.45, 7) is 3.09. The monoisotopic (exact) mass is 271 g/mol. The Morgan fingerprint density at radius 1 is 1.39 bits per heavy atom. The molecule has 0 amide bonds. The standard InChI is InChI=1S/C12H21N3O2S/c1-5-6-13-9(8-18-4)11-12(17-3)15-10(16-2)7-14-11/h7,9,13H,5-6,8H2,1-4H3. The van der Waals surface area contributed by atoms with Crippen molar-refractivity contribution < 1.29 is 9.47 Å². The summed E-state index contributed by atoms with van der Waals surface area (Å²) in [5.41, 5.74) is 0.834. The van der Waals surface area contributed by atoms with Gasteiger partial charge in [0.15, 0.2) is 0 Å². The van der Waals surface area contributed by atoms with E-state index in [1.54, 1.807) is 32.2 Å². The van der Waals surface area contributed by atoms with Gasteiger partial charge < -0.3 is 14.8 Å². The van der Waals surface area contributed by atoms with E-state index in [1.165, 1.54) is 0 Å². The van der Waals surface area contributed by atoms with Crippen LogP contribution < -0.4 is 14.8 Å². The molecule has 18 heavy (non-hydrogen) atoms. The maximum Gasteiger partial charge on any atom is 0.240 e. The molecule has 102 valence electrons. The van der Waals surface area contributed by atoms with E-state index in [2.05, 4.69) is 28.5 Å². The Morgan fingerprint density at radius 3 is 2.72 bits per heavy atom. The van der Waals surface area contributed by atoms with Crippen LogP contribution in [0.5, 0.6) is 11.8 Å². The lowest BCUT2D eigenvalue weighted by Crippen LogP contribution is -2.25. The smallest absolute Gasteiger partial charge is 0.240 e. The maximum atomic E-state index is 5.29.